The van der Waals surface area contributed by atoms with Crippen molar-refractivity contribution in [3.63, 3.8) is 0 Å². The Hall–Kier alpha value is -1.57. The normalized spacial score (nSPS) is 11.0. The minimum absolute atomic E-state index is 0.0513. The molecule has 2 heterocycles. The maximum absolute atomic E-state index is 13.8. The van der Waals surface area contributed by atoms with E-state index >= 15 is 0 Å². The Morgan fingerprint density at radius 1 is 1.48 bits per heavy atom. The molecule has 2 aromatic heterocycles. The maximum atomic E-state index is 13.8. The van der Waals surface area contributed by atoms with Crippen LogP contribution in [-0.2, 0) is 11.3 Å². The molecule has 0 saturated carbocycles. The zero-order chi connectivity index (χ0) is 15.0. The van der Waals surface area contributed by atoms with E-state index in [4.69, 9.17) is 16.3 Å². The standard InChI is InChI=1S/C13H8ClFN2O2S2/c1-6-10-7(15)3-2-4-9(10)20-11(6)13(18)19-5-8-12(14)21-17-16-8/h2-4H,5H2,1H3. The topological polar surface area (TPSA) is 52.1 Å². The predicted octanol–water partition coefficient (Wildman–Crippen LogP) is 4.21. The molecule has 3 rings (SSSR count). The first kappa shape index (κ1) is 14.4. The van der Waals surface area contributed by atoms with Gasteiger partial charge in [0, 0.05) is 21.6 Å². The van der Waals surface area contributed by atoms with E-state index < -0.39 is 5.97 Å². The molecule has 3 aromatic rings. The van der Waals surface area contributed by atoms with Crippen LogP contribution in [0.15, 0.2) is 18.2 Å². The number of carbonyl (C=O) groups excluding carboxylic acids is 1. The highest BCUT2D eigenvalue weighted by Gasteiger charge is 2.19. The second-order valence-electron chi connectivity index (χ2n) is 4.24. The molecule has 0 bridgehead atoms. The fraction of sp³-hybridized carbons (Fsp3) is 0.154. The summed E-state index contributed by atoms with van der Waals surface area (Å²) in [5.41, 5.74) is 1.00. The van der Waals surface area contributed by atoms with Gasteiger partial charge in [-0.25, -0.2) is 9.18 Å². The summed E-state index contributed by atoms with van der Waals surface area (Å²) < 4.78 is 23.7. The monoisotopic (exact) mass is 342 g/mol. The van der Waals surface area contributed by atoms with Gasteiger partial charge in [-0.2, -0.15) is 0 Å². The summed E-state index contributed by atoms with van der Waals surface area (Å²) in [6.07, 6.45) is 0. The highest BCUT2D eigenvalue weighted by atomic mass is 35.5. The number of hydrogen-bond acceptors (Lipinski definition) is 6. The van der Waals surface area contributed by atoms with Crippen LogP contribution in [0.4, 0.5) is 4.39 Å². The number of thiophene rings is 1. The van der Waals surface area contributed by atoms with Gasteiger partial charge in [-0.15, -0.1) is 16.4 Å². The SMILES string of the molecule is Cc1c(C(=O)OCc2nnsc2Cl)sc2cccc(F)c12. The molecule has 0 unspecified atom stereocenters. The number of rotatable bonds is 3. The molecule has 0 aliphatic heterocycles. The lowest BCUT2D eigenvalue weighted by atomic mass is 10.1. The Labute approximate surface area is 132 Å². The van der Waals surface area contributed by atoms with E-state index in [0.717, 1.165) is 11.5 Å². The number of aromatic nitrogens is 2. The first-order valence-corrected chi connectivity index (χ1v) is 7.86. The number of halogens is 2. The highest BCUT2D eigenvalue weighted by molar-refractivity contribution is 7.21. The molecule has 0 radical (unpaired) electrons. The van der Waals surface area contributed by atoms with Crippen molar-refractivity contribution in [2.45, 2.75) is 13.5 Å². The summed E-state index contributed by atoms with van der Waals surface area (Å²) >= 11 is 8.07. The van der Waals surface area contributed by atoms with Gasteiger partial charge in [-0.05, 0) is 24.6 Å². The minimum atomic E-state index is -0.517. The molecule has 0 N–H and O–H groups in total. The van der Waals surface area contributed by atoms with E-state index in [1.807, 2.05) is 0 Å². The molecule has 0 atom stereocenters. The van der Waals surface area contributed by atoms with Gasteiger partial charge in [0.2, 0.25) is 0 Å². The number of carbonyl (C=O) groups is 1. The zero-order valence-corrected chi connectivity index (χ0v) is 13.1. The highest BCUT2D eigenvalue weighted by Crippen LogP contribution is 2.33. The summed E-state index contributed by atoms with van der Waals surface area (Å²) in [4.78, 5) is 12.5. The van der Waals surface area contributed by atoms with Crippen molar-refractivity contribution in [2.75, 3.05) is 0 Å². The molecule has 108 valence electrons. The molecular weight excluding hydrogens is 335 g/mol. The zero-order valence-electron chi connectivity index (χ0n) is 10.7. The lowest BCUT2D eigenvalue weighted by molar-refractivity contribution is 0.0473. The van der Waals surface area contributed by atoms with E-state index in [2.05, 4.69) is 9.59 Å². The smallest absolute Gasteiger partial charge is 0.349 e. The van der Waals surface area contributed by atoms with Crippen LogP contribution >= 0.6 is 34.5 Å². The Morgan fingerprint density at radius 3 is 2.95 bits per heavy atom. The molecule has 0 aliphatic rings. The molecular formula is C13H8ClFN2O2S2. The van der Waals surface area contributed by atoms with Gasteiger partial charge in [-0.3, -0.25) is 0 Å². The van der Waals surface area contributed by atoms with Gasteiger partial charge in [-0.1, -0.05) is 22.2 Å². The summed E-state index contributed by atoms with van der Waals surface area (Å²) in [5, 5.41) is 4.22. The van der Waals surface area contributed by atoms with Gasteiger partial charge in [0.15, 0.2) is 0 Å². The van der Waals surface area contributed by atoms with E-state index in [1.165, 1.54) is 17.4 Å². The second-order valence-corrected chi connectivity index (χ2v) is 6.65. The Kier molecular flexibility index (Phi) is 3.88. The van der Waals surface area contributed by atoms with E-state index in [9.17, 15) is 9.18 Å². The molecule has 0 fully saturated rings. The third-order valence-electron chi connectivity index (χ3n) is 2.94. The number of esters is 1. The molecule has 0 aliphatic carbocycles. The van der Waals surface area contributed by atoms with Crippen molar-refractivity contribution in [1.82, 2.24) is 9.59 Å². The summed E-state index contributed by atoms with van der Waals surface area (Å²) in [6, 6.07) is 4.76. The first-order valence-electron chi connectivity index (χ1n) is 5.89. The fourth-order valence-corrected chi connectivity index (χ4v) is 3.65. The largest absolute Gasteiger partial charge is 0.455 e. The minimum Gasteiger partial charge on any atom is -0.455 e. The molecule has 0 spiro atoms. The lowest BCUT2D eigenvalue weighted by Gasteiger charge is -2.02. The quantitative estimate of drug-likeness (QED) is 0.669. The van der Waals surface area contributed by atoms with Gasteiger partial charge in [0.1, 0.15) is 27.3 Å². The van der Waals surface area contributed by atoms with Crippen LogP contribution in [0.3, 0.4) is 0 Å². The van der Waals surface area contributed by atoms with E-state index in [0.29, 0.717) is 30.6 Å². The number of nitrogens with zero attached hydrogens (tertiary/aromatic N) is 2. The van der Waals surface area contributed by atoms with Gasteiger partial charge >= 0.3 is 5.97 Å². The Balaban J connectivity index is 1.87. The fourth-order valence-electron chi connectivity index (χ4n) is 1.93. The van der Waals surface area contributed by atoms with Crippen LogP contribution in [0, 0.1) is 12.7 Å². The average molecular weight is 343 g/mol. The molecule has 21 heavy (non-hydrogen) atoms. The average Bonchev–Trinajstić information content (AvgIpc) is 3.01. The van der Waals surface area contributed by atoms with Crippen molar-refractivity contribution in [1.29, 1.82) is 0 Å². The van der Waals surface area contributed by atoms with Crippen LogP contribution < -0.4 is 0 Å². The van der Waals surface area contributed by atoms with E-state index in [1.54, 1.807) is 19.1 Å². The molecule has 1 aromatic carbocycles. The number of hydrogen-bond donors (Lipinski definition) is 0. The van der Waals surface area contributed by atoms with Gasteiger partial charge in [0.25, 0.3) is 0 Å². The number of fused-ring (bicyclic) bond motifs is 1. The summed E-state index contributed by atoms with van der Waals surface area (Å²) in [5.74, 6) is -0.857. The maximum Gasteiger partial charge on any atom is 0.349 e. The van der Waals surface area contributed by atoms with Gasteiger partial charge in [0.05, 0.1) is 0 Å². The van der Waals surface area contributed by atoms with Crippen molar-refractivity contribution in [3.05, 3.63) is 44.5 Å². The Bertz CT molecular complexity index is 831. The van der Waals surface area contributed by atoms with Crippen LogP contribution in [-0.4, -0.2) is 15.6 Å². The van der Waals surface area contributed by atoms with Crippen molar-refractivity contribution < 1.29 is 13.9 Å². The summed E-state index contributed by atoms with van der Waals surface area (Å²) in [7, 11) is 0. The number of benzene rings is 1. The van der Waals surface area contributed by atoms with Crippen LogP contribution in [0.1, 0.15) is 20.9 Å². The van der Waals surface area contributed by atoms with Gasteiger partial charge < -0.3 is 4.74 Å². The lowest BCUT2D eigenvalue weighted by Crippen LogP contribution is -2.05. The molecule has 0 amide bonds. The molecule has 4 nitrogen and oxygen atoms in total. The summed E-state index contributed by atoms with van der Waals surface area (Å²) in [6.45, 7) is 1.65. The first-order chi connectivity index (χ1) is 10.1. The second kappa shape index (κ2) is 5.67. The van der Waals surface area contributed by atoms with Crippen LogP contribution in [0.2, 0.25) is 4.34 Å². The Morgan fingerprint density at radius 2 is 2.29 bits per heavy atom. The number of aryl methyl sites for hydroxylation is 1. The van der Waals surface area contributed by atoms with Crippen LogP contribution in [0.25, 0.3) is 10.1 Å². The van der Waals surface area contributed by atoms with Crippen LogP contribution in [0.5, 0.6) is 0 Å². The van der Waals surface area contributed by atoms with Crippen molar-refractivity contribution in [2.24, 2.45) is 0 Å². The molecule has 8 heteroatoms. The predicted molar refractivity (Wildman–Crippen MR) is 80.6 cm³/mol. The van der Waals surface area contributed by atoms with Crippen molar-refractivity contribution >= 4 is 50.5 Å². The number of ether oxygens (including phenoxy) is 1. The molecule has 0 saturated heterocycles. The van der Waals surface area contributed by atoms with Crippen molar-refractivity contribution in [3.8, 4) is 0 Å². The third kappa shape index (κ3) is 2.64. The van der Waals surface area contributed by atoms with E-state index in [-0.39, 0.29) is 12.4 Å². The third-order valence-corrected chi connectivity index (χ3v) is 5.16.